The van der Waals surface area contributed by atoms with Crippen molar-refractivity contribution in [1.29, 1.82) is 0 Å². The Morgan fingerprint density at radius 3 is 2.52 bits per heavy atom. The Morgan fingerprint density at radius 2 is 1.91 bits per heavy atom. The van der Waals surface area contributed by atoms with E-state index in [1.54, 1.807) is 4.68 Å². The van der Waals surface area contributed by atoms with Crippen molar-refractivity contribution >= 4 is 30.7 Å². The van der Waals surface area contributed by atoms with Gasteiger partial charge in [-0.25, -0.2) is 0 Å². The molecule has 5 nitrogen and oxygen atoms in total. The van der Waals surface area contributed by atoms with Crippen LogP contribution < -0.4 is 10.6 Å². The fourth-order valence-electron chi connectivity index (χ4n) is 2.91. The highest BCUT2D eigenvalue weighted by Gasteiger charge is 2.11. The number of carbonyl (C=O) groups is 1. The summed E-state index contributed by atoms with van der Waals surface area (Å²) in [7, 11) is 1.89. The Bertz CT molecular complexity index is 431. The molecule has 0 unspecified atom stereocenters. The molecule has 1 saturated carbocycles. The van der Waals surface area contributed by atoms with Crippen LogP contribution in [-0.4, -0.2) is 34.8 Å². The SMILES string of the molecule is Cl.Cl.Cn1cc(CCC(=O)NCCNC2CCCCCC2)cn1. The van der Waals surface area contributed by atoms with Crippen LogP contribution in [0.4, 0.5) is 0 Å². The van der Waals surface area contributed by atoms with Gasteiger partial charge in [-0.1, -0.05) is 25.7 Å². The molecule has 1 aliphatic carbocycles. The van der Waals surface area contributed by atoms with Crippen LogP contribution in [0.25, 0.3) is 0 Å². The molecule has 7 heteroatoms. The number of nitrogens with zero attached hydrogens (tertiary/aromatic N) is 2. The molecule has 0 radical (unpaired) electrons. The molecule has 0 aromatic carbocycles. The van der Waals surface area contributed by atoms with Gasteiger partial charge in [0.15, 0.2) is 0 Å². The molecule has 1 fully saturated rings. The van der Waals surface area contributed by atoms with Crippen molar-refractivity contribution < 1.29 is 4.79 Å². The lowest BCUT2D eigenvalue weighted by atomic mass is 10.1. The molecule has 0 spiro atoms. The number of aromatic nitrogens is 2. The van der Waals surface area contributed by atoms with Gasteiger partial charge in [0, 0.05) is 38.8 Å². The lowest BCUT2D eigenvalue weighted by molar-refractivity contribution is -0.121. The first-order chi connectivity index (χ1) is 10.2. The van der Waals surface area contributed by atoms with Gasteiger partial charge >= 0.3 is 0 Å². The second-order valence-electron chi connectivity index (χ2n) is 6.01. The second kappa shape index (κ2) is 12.6. The summed E-state index contributed by atoms with van der Waals surface area (Å²) in [5, 5.41) is 10.7. The van der Waals surface area contributed by atoms with Crippen LogP contribution >= 0.6 is 24.8 Å². The van der Waals surface area contributed by atoms with Gasteiger partial charge in [-0.2, -0.15) is 5.10 Å². The third-order valence-electron chi connectivity index (χ3n) is 4.13. The second-order valence-corrected chi connectivity index (χ2v) is 6.01. The average molecular weight is 365 g/mol. The Balaban J connectivity index is 0.00000242. The van der Waals surface area contributed by atoms with Gasteiger partial charge in [0.2, 0.25) is 5.91 Å². The van der Waals surface area contributed by atoms with E-state index in [4.69, 9.17) is 0 Å². The minimum atomic E-state index is 0. The van der Waals surface area contributed by atoms with E-state index in [1.807, 2.05) is 19.4 Å². The van der Waals surface area contributed by atoms with Crippen molar-refractivity contribution in [3.63, 3.8) is 0 Å². The maximum absolute atomic E-state index is 11.8. The minimum absolute atomic E-state index is 0. The fraction of sp³-hybridized carbons (Fsp3) is 0.750. The number of halogens is 2. The average Bonchev–Trinajstić information content (AvgIpc) is 2.73. The number of nitrogens with one attached hydrogen (secondary N) is 2. The maximum atomic E-state index is 11.8. The Hall–Kier alpha value is -0.780. The number of hydrogen-bond donors (Lipinski definition) is 2. The van der Waals surface area contributed by atoms with Crippen LogP contribution in [0.2, 0.25) is 0 Å². The summed E-state index contributed by atoms with van der Waals surface area (Å²) in [5.41, 5.74) is 1.12. The summed E-state index contributed by atoms with van der Waals surface area (Å²) in [6.45, 7) is 1.60. The first-order valence-corrected chi connectivity index (χ1v) is 8.21. The largest absolute Gasteiger partial charge is 0.355 e. The molecule has 0 bridgehead atoms. The Labute approximate surface area is 151 Å². The Kier molecular flexibility index (Phi) is 12.2. The molecule has 134 valence electrons. The molecule has 1 aromatic heterocycles. The molecule has 1 aliphatic rings. The third-order valence-corrected chi connectivity index (χ3v) is 4.13. The first kappa shape index (κ1) is 22.2. The van der Waals surface area contributed by atoms with E-state index in [1.165, 1.54) is 38.5 Å². The minimum Gasteiger partial charge on any atom is -0.355 e. The van der Waals surface area contributed by atoms with E-state index in [9.17, 15) is 4.79 Å². The van der Waals surface area contributed by atoms with Crippen molar-refractivity contribution in [3.05, 3.63) is 18.0 Å². The van der Waals surface area contributed by atoms with E-state index in [0.29, 0.717) is 12.5 Å². The molecule has 0 saturated heterocycles. The zero-order valence-corrected chi connectivity index (χ0v) is 15.6. The molecule has 23 heavy (non-hydrogen) atoms. The summed E-state index contributed by atoms with van der Waals surface area (Å²) in [6.07, 6.45) is 13.1. The normalized spacial score (nSPS) is 15.2. The van der Waals surface area contributed by atoms with Gasteiger partial charge in [-0.05, 0) is 24.8 Å². The monoisotopic (exact) mass is 364 g/mol. The van der Waals surface area contributed by atoms with Crippen LogP contribution in [0.5, 0.6) is 0 Å². The number of carbonyl (C=O) groups excluding carboxylic acids is 1. The smallest absolute Gasteiger partial charge is 0.220 e. The summed E-state index contributed by atoms with van der Waals surface area (Å²) >= 11 is 0. The molecule has 2 N–H and O–H groups in total. The third kappa shape index (κ3) is 9.18. The molecule has 0 atom stereocenters. The highest BCUT2D eigenvalue weighted by molar-refractivity contribution is 5.85. The zero-order chi connectivity index (χ0) is 14.9. The van der Waals surface area contributed by atoms with Gasteiger partial charge < -0.3 is 10.6 Å². The van der Waals surface area contributed by atoms with Crippen molar-refractivity contribution in [2.75, 3.05) is 13.1 Å². The van der Waals surface area contributed by atoms with Crippen LogP contribution in [0, 0.1) is 0 Å². The first-order valence-electron chi connectivity index (χ1n) is 8.21. The van der Waals surface area contributed by atoms with Gasteiger partial charge in [-0.3, -0.25) is 9.48 Å². The van der Waals surface area contributed by atoms with E-state index < -0.39 is 0 Å². The maximum Gasteiger partial charge on any atom is 0.220 e. The highest BCUT2D eigenvalue weighted by Crippen LogP contribution is 2.16. The zero-order valence-electron chi connectivity index (χ0n) is 13.9. The number of amides is 1. The predicted octanol–water partition coefficient (Wildman–Crippen LogP) is 2.62. The number of hydrogen-bond acceptors (Lipinski definition) is 3. The quantitative estimate of drug-likeness (QED) is 0.577. The van der Waals surface area contributed by atoms with Crippen molar-refractivity contribution in [2.45, 2.75) is 57.4 Å². The van der Waals surface area contributed by atoms with Crippen LogP contribution in [0.3, 0.4) is 0 Å². The van der Waals surface area contributed by atoms with Crippen molar-refractivity contribution in [1.82, 2.24) is 20.4 Å². The molecular formula is C16H30Cl2N4O. The van der Waals surface area contributed by atoms with E-state index in [-0.39, 0.29) is 30.7 Å². The highest BCUT2D eigenvalue weighted by atomic mass is 35.5. The van der Waals surface area contributed by atoms with Gasteiger partial charge in [-0.15, -0.1) is 24.8 Å². The van der Waals surface area contributed by atoms with E-state index in [0.717, 1.165) is 25.1 Å². The van der Waals surface area contributed by atoms with Crippen molar-refractivity contribution in [2.24, 2.45) is 7.05 Å². The molecule has 0 aliphatic heterocycles. The topological polar surface area (TPSA) is 59.0 Å². The molecule has 2 rings (SSSR count). The molecule has 1 aromatic rings. The number of rotatable bonds is 7. The standard InChI is InChI=1S/C16H28N4O.2ClH/c1-20-13-14(12-19-20)8-9-16(21)18-11-10-17-15-6-4-2-3-5-7-15;;/h12-13,15,17H,2-11H2,1H3,(H,18,21);2*1H. The van der Waals surface area contributed by atoms with Crippen LogP contribution in [0.15, 0.2) is 12.4 Å². The molecular weight excluding hydrogens is 335 g/mol. The fourth-order valence-corrected chi connectivity index (χ4v) is 2.91. The van der Waals surface area contributed by atoms with Crippen LogP contribution in [0.1, 0.15) is 50.5 Å². The number of aryl methyl sites for hydroxylation is 2. The van der Waals surface area contributed by atoms with Gasteiger partial charge in [0.05, 0.1) is 6.20 Å². The molecule has 1 amide bonds. The lowest BCUT2D eigenvalue weighted by Gasteiger charge is -2.16. The van der Waals surface area contributed by atoms with Crippen LogP contribution in [-0.2, 0) is 18.3 Å². The molecule has 1 heterocycles. The summed E-state index contributed by atoms with van der Waals surface area (Å²) in [4.78, 5) is 11.8. The van der Waals surface area contributed by atoms with Crippen molar-refractivity contribution in [3.8, 4) is 0 Å². The van der Waals surface area contributed by atoms with Gasteiger partial charge in [0.1, 0.15) is 0 Å². The summed E-state index contributed by atoms with van der Waals surface area (Å²) in [6, 6.07) is 0.653. The van der Waals surface area contributed by atoms with E-state index >= 15 is 0 Å². The van der Waals surface area contributed by atoms with E-state index in [2.05, 4.69) is 15.7 Å². The lowest BCUT2D eigenvalue weighted by Crippen LogP contribution is -2.36. The Morgan fingerprint density at radius 1 is 1.22 bits per heavy atom. The van der Waals surface area contributed by atoms with Gasteiger partial charge in [0.25, 0.3) is 0 Å². The predicted molar refractivity (Wildman–Crippen MR) is 98.5 cm³/mol. The summed E-state index contributed by atoms with van der Waals surface area (Å²) in [5.74, 6) is 0.126. The summed E-state index contributed by atoms with van der Waals surface area (Å²) < 4.78 is 1.77.